The van der Waals surface area contributed by atoms with Crippen LogP contribution in [0.5, 0.6) is 0 Å². The lowest BCUT2D eigenvalue weighted by Crippen LogP contribution is -2.67. The van der Waals surface area contributed by atoms with Crippen LogP contribution in [0, 0.1) is 17.8 Å². The van der Waals surface area contributed by atoms with Crippen LogP contribution < -0.4 is 0 Å². The predicted octanol–water partition coefficient (Wildman–Crippen LogP) is 3.58. The fourth-order valence-electron chi connectivity index (χ4n) is 1.91. The van der Waals surface area contributed by atoms with Crippen molar-refractivity contribution in [3.63, 3.8) is 0 Å². The van der Waals surface area contributed by atoms with E-state index in [-0.39, 0.29) is 12.3 Å². The molecule has 0 bridgehead atoms. The molecular weight excluding hydrogens is 252 g/mol. The van der Waals surface area contributed by atoms with Crippen molar-refractivity contribution in [1.29, 1.82) is 0 Å². The topological polar surface area (TPSA) is 17.1 Å². The number of rotatable bonds is 3. The molecule has 0 radical (unpaired) electrons. The van der Waals surface area contributed by atoms with E-state index in [4.69, 9.17) is 23.2 Å². The maximum atomic E-state index is 13.3. The number of alkyl halides is 4. The normalized spacial score (nSPS) is 38.9. The van der Waals surface area contributed by atoms with Gasteiger partial charge in [0.05, 0.1) is 5.92 Å². The highest BCUT2D eigenvalue weighted by atomic mass is 35.5. The quantitative estimate of drug-likeness (QED) is 0.561. The lowest BCUT2D eigenvalue weighted by Gasteiger charge is -2.51. The number of hydrogen-bond acceptors (Lipinski definition) is 1. The lowest BCUT2D eigenvalue weighted by molar-refractivity contribution is -0.253. The Morgan fingerprint density at radius 1 is 1.40 bits per heavy atom. The van der Waals surface area contributed by atoms with Crippen molar-refractivity contribution in [2.45, 2.75) is 31.3 Å². The van der Waals surface area contributed by atoms with Crippen molar-refractivity contribution in [1.82, 2.24) is 0 Å². The minimum Gasteiger partial charge on any atom is -0.281 e. The van der Waals surface area contributed by atoms with Crippen molar-refractivity contribution in [3.8, 4) is 0 Å². The average molecular weight is 263 g/mol. The van der Waals surface area contributed by atoms with E-state index in [0.717, 1.165) is 0 Å². The van der Waals surface area contributed by atoms with Crippen LogP contribution in [0.1, 0.15) is 20.3 Å². The second-order valence-electron chi connectivity index (χ2n) is 4.26. The zero-order valence-corrected chi connectivity index (χ0v) is 9.75. The van der Waals surface area contributed by atoms with Gasteiger partial charge in [-0.25, -0.2) is 13.2 Å². The van der Waals surface area contributed by atoms with Gasteiger partial charge in [-0.2, -0.15) is 0 Å². The van der Waals surface area contributed by atoms with Crippen LogP contribution in [-0.4, -0.2) is 16.3 Å². The van der Waals surface area contributed by atoms with Crippen molar-refractivity contribution in [2.75, 3.05) is 0 Å². The molecule has 3 unspecified atom stereocenters. The van der Waals surface area contributed by atoms with Gasteiger partial charge in [0.15, 0.2) is 0 Å². The second kappa shape index (κ2) is 3.81. The van der Waals surface area contributed by atoms with Crippen molar-refractivity contribution >= 4 is 28.4 Å². The summed E-state index contributed by atoms with van der Waals surface area (Å²) < 4.78 is 39.8. The lowest BCUT2D eigenvalue weighted by atomic mass is 9.65. The van der Waals surface area contributed by atoms with Gasteiger partial charge in [-0.1, -0.05) is 25.4 Å². The molecule has 1 rings (SSSR count). The summed E-state index contributed by atoms with van der Waals surface area (Å²) in [5, 5.41) is -4.46. The summed E-state index contributed by atoms with van der Waals surface area (Å²) in [5.41, 5.74) is 0. The Labute approximate surface area is 95.9 Å². The van der Waals surface area contributed by atoms with E-state index in [9.17, 15) is 18.0 Å². The summed E-state index contributed by atoms with van der Waals surface area (Å²) in [6.07, 6.45) is 0.0223. The van der Waals surface area contributed by atoms with Gasteiger partial charge in [-0.15, -0.1) is 0 Å². The van der Waals surface area contributed by atoms with Crippen molar-refractivity contribution in [3.05, 3.63) is 0 Å². The van der Waals surface area contributed by atoms with Crippen LogP contribution in [-0.2, 0) is 4.79 Å². The molecule has 6 heteroatoms. The van der Waals surface area contributed by atoms with Gasteiger partial charge >= 0.3 is 0 Å². The van der Waals surface area contributed by atoms with Gasteiger partial charge in [0.2, 0.25) is 5.24 Å². The molecule has 0 aliphatic heterocycles. The third-order valence-corrected chi connectivity index (χ3v) is 3.40. The molecule has 1 nitrogen and oxygen atoms in total. The SMILES string of the molecule is CC(C)CC1C(C(=O)Cl)C(F)(Cl)C1(F)F. The van der Waals surface area contributed by atoms with Crippen molar-refractivity contribution < 1.29 is 18.0 Å². The minimum atomic E-state index is -3.69. The smallest absolute Gasteiger partial charge is 0.281 e. The molecule has 1 aliphatic rings. The standard InChI is InChI=1S/C9H11Cl2F3O/c1-4(2)3-5-6(7(10)15)8(11,12)9(5,13)14/h4-6H,3H2,1-2H3. The molecule has 0 aromatic rings. The molecule has 0 amide bonds. The predicted molar refractivity (Wildman–Crippen MR) is 51.9 cm³/mol. The minimum absolute atomic E-state index is 0.0223. The van der Waals surface area contributed by atoms with E-state index in [2.05, 4.69) is 0 Å². The number of halogens is 5. The molecule has 0 aromatic carbocycles. The van der Waals surface area contributed by atoms with Gasteiger partial charge in [0.25, 0.3) is 11.1 Å². The Morgan fingerprint density at radius 3 is 2.20 bits per heavy atom. The van der Waals surface area contributed by atoms with Crippen LogP contribution in [0.3, 0.4) is 0 Å². The van der Waals surface area contributed by atoms with E-state index in [1.54, 1.807) is 13.8 Å². The first-order valence-corrected chi connectivity index (χ1v) is 5.33. The molecule has 1 fully saturated rings. The molecule has 0 saturated heterocycles. The van der Waals surface area contributed by atoms with Crippen LogP contribution >= 0.6 is 23.2 Å². The summed E-state index contributed by atoms with van der Waals surface area (Å²) in [6.45, 7) is 3.41. The zero-order valence-electron chi connectivity index (χ0n) is 8.24. The molecule has 0 N–H and O–H groups in total. The van der Waals surface area contributed by atoms with E-state index in [1.165, 1.54) is 0 Å². The van der Waals surface area contributed by atoms with Gasteiger partial charge < -0.3 is 0 Å². The summed E-state index contributed by atoms with van der Waals surface area (Å²) in [6, 6.07) is 0. The highest BCUT2D eigenvalue weighted by Gasteiger charge is 2.77. The summed E-state index contributed by atoms with van der Waals surface area (Å²) >= 11 is 10.1. The van der Waals surface area contributed by atoms with Gasteiger partial charge in [0, 0.05) is 5.92 Å². The number of carbonyl (C=O) groups is 1. The molecule has 0 heterocycles. The number of carbonyl (C=O) groups excluding carboxylic acids is 1. The fourth-order valence-corrected chi connectivity index (χ4v) is 2.66. The largest absolute Gasteiger partial charge is 0.299 e. The highest BCUT2D eigenvalue weighted by Crippen LogP contribution is 2.63. The van der Waals surface area contributed by atoms with E-state index in [0.29, 0.717) is 0 Å². The molecular formula is C9H11Cl2F3O. The molecule has 1 saturated carbocycles. The fraction of sp³-hybridized carbons (Fsp3) is 0.889. The molecule has 88 valence electrons. The third-order valence-electron chi connectivity index (χ3n) is 2.67. The van der Waals surface area contributed by atoms with Crippen LogP contribution in [0.4, 0.5) is 13.2 Å². The van der Waals surface area contributed by atoms with E-state index in [1.807, 2.05) is 0 Å². The first-order valence-electron chi connectivity index (χ1n) is 4.57. The van der Waals surface area contributed by atoms with Crippen LogP contribution in [0.15, 0.2) is 0 Å². The third kappa shape index (κ3) is 1.86. The molecule has 1 aliphatic carbocycles. The molecule has 0 aromatic heterocycles. The Hall–Kier alpha value is 0.0400. The molecule has 3 atom stereocenters. The summed E-state index contributed by atoms with van der Waals surface area (Å²) in [7, 11) is 0. The van der Waals surface area contributed by atoms with Crippen LogP contribution in [0.2, 0.25) is 0 Å². The first kappa shape index (κ1) is 13.1. The highest BCUT2D eigenvalue weighted by molar-refractivity contribution is 6.64. The van der Waals surface area contributed by atoms with Crippen molar-refractivity contribution in [2.24, 2.45) is 17.8 Å². The summed E-state index contributed by atoms with van der Waals surface area (Å²) in [5.74, 6) is -6.77. The second-order valence-corrected chi connectivity index (χ2v) is 5.19. The summed E-state index contributed by atoms with van der Waals surface area (Å²) in [4.78, 5) is 10.8. The Balaban J connectivity index is 2.90. The Kier molecular flexibility index (Phi) is 3.33. The Morgan fingerprint density at radius 2 is 1.87 bits per heavy atom. The van der Waals surface area contributed by atoms with Gasteiger partial charge in [-0.3, -0.25) is 4.79 Å². The number of hydrogen-bond donors (Lipinski definition) is 0. The average Bonchev–Trinajstić information content (AvgIpc) is 2.00. The maximum absolute atomic E-state index is 13.3. The molecule has 15 heavy (non-hydrogen) atoms. The van der Waals surface area contributed by atoms with Crippen LogP contribution in [0.25, 0.3) is 0 Å². The van der Waals surface area contributed by atoms with Gasteiger partial charge in [-0.05, 0) is 23.9 Å². The zero-order chi connectivity index (χ0) is 12.0. The van der Waals surface area contributed by atoms with Gasteiger partial charge in [0.1, 0.15) is 0 Å². The maximum Gasteiger partial charge on any atom is 0.299 e. The monoisotopic (exact) mass is 262 g/mol. The molecule has 0 spiro atoms. The Bertz CT molecular complexity index is 279. The van der Waals surface area contributed by atoms with E-state index >= 15 is 0 Å². The first-order chi connectivity index (χ1) is 6.62. The van der Waals surface area contributed by atoms with E-state index < -0.39 is 28.1 Å².